The van der Waals surface area contributed by atoms with E-state index in [0.29, 0.717) is 11.5 Å². The molecule has 1 atom stereocenters. The van der Waals surface area contributed by atoms with Gasteiger partial charge in [-0.2, -0.15) is 0 Å². The molecule has 0 spiro atoms. The summed E-state index contributed by atoms with van der Waals surface area (Å²) < 4.78 is 10.6. The van der Waals surface area contributed by atoms with Gasteiger partial charge in [-0.05, 0) is 30.5 Å². The summed E-state index contributed by atoms with van der Waals surface area (Å²) in [6, 6.07) is 5.59. The van der Waals surface area contributed by atoms with E-state index in [4.69, 9.17) is 9.47 Å². The van der Waals surface area contributed by atoms with Gasteiger partial charge in [0.25, 0.3) is 0 Å². The van der Waals surface area contributed by atoms with Crippen molar-refractivity contribution in [3.05, 3.63) is 35.9 Å². The van der Waals surface area contributed by atoms with E-state index in [1.807, 2.05) is 51.1 Å². The van der Waals surface area contributed by atoms with Crippen molar-refractivity contribution in [3.63, 3.8) is 0 Å². The van der Waals surface area contributed by atoms with Crippen molar-refractivity contribution in [2.75, 3.05) is 14.2 Å². The Labute approximate surface area is 126 Å². The molecule has 0 aliphatic rings. The van der Waals surface area contributed by atoms with E-state index in [1.165, 1.54) is 0 Å². The molecular formula is C17H24O4. The zero-order valence-corrected chi connectivity index (χ0v) is 13.3. The zero-order valence-electron chi connectivity index (χ0n) is 13.3. The maximum absolute atomic E-state index is 11.4. The number of allylic oxidation sites excluding steroid dienone is 2. The number of ether oxygens (including phenoxy) is 2. The minimum Gasteiger partial charge on any atom is -0.493 e. The summed E-state index contributed by atoms with van der Waals surface area (Å²) in [4.78, 5) is 11.4. The number of rotatable bonds is 7. The lowest BCUT2D eigenvalue weighted by Crippen LogP contribution is -2.33. The second-order valence-corrected chi connectivity index (χ2v) is 5.34. The van der Waals surface area contributed by atoms with Gasteiger partial charge in [0.15, 0.2) is 11.5 Å². The molecule has 1 N–H and O–H groups in total. The first kappa shape index (κ1) is 17.1. The molecule has 4 heteroatoms. The van der Waals surface area contributed by atoms with Crippen LogP contribution in [0, 0.1) is 5.92 Å². The molecule has 0 amide bonds. The number of aliphatic carboxylic acids is 1. The lowest BCUT2D eigenvalue weighted by molar-refractivity contribution is -0.138. The molecule has 116 valence electrons. The van der Waals surface area contributed by atoms with Crippen LogP contribution >= 0.6 is 0 Å². The summed E-state index contributed by atoms with van der Waals surface area (Å²) in [5.41, 5.74) is 0.343. The van der Waals surface area contributed by atoms with Gasteiger partial charge in [0.2, 0.25) is 0 Å². The van der Waals surface area contributed by atoms with Gasteiger partial charge in [0, 0.05) is 5.41 Å². The Morgan fingerprint density at radius 2 is 1.90 bits per heavy atom. The van der Waals surface area contributed by atoms with E-state index >= 15 is 0 Å². The maximum atomic E-state index is 11.4. The van der Waals surface area contributed by atoms with E-state index in [2.05, 4.69) is 0 Å². The van der Waals surface area contributed by atoms with Crippen LogP contribution in [0.5, 0.6) is 11.5 Å². The van der Waals surface area contributed by atoms with Gasteiger partial charge in [-0.3, -0.25) is 4.79 Å². The summed E-state index contributed by atoms with van der Waals surface area (Å²) >= 11 is 0. The molecule has 0 aromatic heterocycles. The molecule has 0 saturated carbocycles. The van der Waals surface area contributed by atoms with Crippen LogP contribution in [0.4, 0.5) is 0 Å². The molecule has 4 nitrogen and oxygen atoms in total. The molecule has 1 aromatic carbocycles. The summed E-state index contributed by atoms with van der Waals surface area (Å²) in [5, 5.41) is 9.32. The highest BCUT2D eigenvalue weighted by atomic mass is 16.5. The van der Waals surface area contributed by atoms with Crippen molar-refractivity contribution in [3.8, 4) is 11.5 Å². The fourth-order valence-corrected chi connectivity index (χ4v) is 2.66. The minimum absolute atomic E-state index is 0.0322. The number of benzene rings is 1. The molecule has 1 rings (SSSR count). The monoisotopic (exact) mass is 292 g/mol. The van der Waals surface area contributed by atoms with Gasteiger partial charge < -0.3 is 14.6 Å². The topological polar surface area (TPSA) is 55.8 Å². The van der Waals surface area contributed by atoms with Gasteiger partial charge in [0.05, 0.1) is 20.6 Å². The van der Waals surface area contributed by atoms with E-state index in [1.54, 1.807) is 14.2 Å². The van der Waals surface area contributed by atoms with E-state index in [9.17, 15) is 9.90 Å². The van der Waals surface area contributed by atoms with Gasteiger partial charge in [-0.15, -0.1) is 0 Å². The van der Waals surface area contributed by atoms with Crippen molar-refractivity contribution < 1.29 is 19.4 Å². The molecular weight excluding hydrogens is 268 g/mol. The Morgan fingerprint density at radius 1 is 1.29 bits per heavy atom. The predicted molar refractivity (Wildman–Crippen MR) is 83.1 cm³/mol. The normalized spacial score (nSPS) is 14.2. The van der Waals surface area contributed by atoms with E-state index in [0.717, 1.165) is 5.56 Å². The van der Waals surface area contributed by atoms with Gasteiger partial charge in [0.1, 0.15) is 0 Å². The molecule has 0 aliphatic carbocycles. The number of carboxylic acids is 1. The SMILES string of the molecule is C/C=C/C(CC(=O)O)(c1ccc(OC)c(OC)c1)C(C)C. The second kappa shape index (κ2) is 7.16. The summed E-state index contributed by atoms with van der Waals surface area (Å²) in [6.45, 7) is 5.96. The molecule has 1 aromatic rings. The average molecular weight is 292 g/mol. The van der Waals surface area contributed by atoms with Crippen molar-refractivity contribution in [1.82, 2.24) is 0 Å². The Balaban J connectivity index is 3.47. The van der Waals surface area contributed by atoms with Crippen LogP contribution < -0.4 is 9.47 Å². The third kappa shape index (κ3) is 3.57. The quantitative estimate of drug-likeness (QED) is 0.779. The lowest BCUT2D eigenvalue weighted by Gasteiger charge is -2.34. The fourth-order valence-electron chi connectivity index (χ4n) is 2.66. The standard InChI is InChI=1S/C17H24O4/c1-6-9-17(12(2)3,11-16(18)19)13-7-8-14(20-4)15(10-13)21-5/h6-10,12H,11H2,1-5H3,(H,18,19)/b9-6+. The molecule has 0 radical (unpaired) electrons. The van der Waals surface area contributed by atoms with E-state index in [-0.39, 0.29) is 12.3 Å². The van der Waals surface area contributed by atoms with Gasteiger partial charge in [-0.1, -0.05) is 32.1 Å². The van der Waals surface area contributed by atoms with Crippen molar-refractivity contribution in [2.45, 2.75) is 32.6 Å². The highest BCUT2D eigenvalue weighted by Gasteiger charge is 2.36. The lowest BCUT2D eigenvalue weighted by atomic mass is 9.69. The highest BCUT2D eigenvalue weighted by Crippen LogP contribution is 2.41. The molecule has 0 heterocycles. The molecule has 0 aliphatic heterocycles. The predicted octanol–water partition coefficient (Wildman–Crippen LogP) is 3.65. The average Bonchev–Trinajstić information content (AvgIpc) is 2.45. The fraction of sp³-hybridized carbons (Fsp3) is 0.471. The minimum atomic E-state index is -0.823. The van der Waals surface area contributed by atoms with E-state index < -0.39 is 11.4 Å². The van der Waals surface area contributed by atoms with Crippen LogP contribution in [0.25, 0.3) is 0 Å². The van der Waals surface area contributed by atoms with Crippen molar-refractivity contribution in [1.29, 1.82) is 0 Å². The first-order chi connectivity index (χ1) is 9.91. The largest absolute Gasteiger partial charge is 0.493 e. The smallest absolute Gasteiger partial charge is 0.304 e. The number of carboxylic acid groups (broad SMARTS) is 1. The Morgan fingerprint density at radius 3 is 2.33 bits per heavy atom. The van der Waals surface area contributed by atoms with Gasteiger partial charge in [-0.25, -0.2) is 0 Å². The van der Waals surface area contributed by atoms with Crippen LogP contribution in [0.15, 0.2) is 30.4 Å². The number of hydrogen-bond donors (Lipinski definition) is 1. The van der Waals surface area contributed by atoms with Crippen LogP contribution in [0.2, 0.25) is 0 Å². The number of methoxy groups -OCH3 is 2. The van der Waals surface area contributed by atoms with Crippen LogP contribution in [0.3, 0.4) is 0 Å². The second-order valence-electron chi connectivity index (χ2n) is 5.34. The first-order valence-electron chi connectivity index (χ1n) is 6.99. The summed E-state index contributed by atoms with van der Waals surface area (Å²) in [7, 11) is 3.15. The third-order valence-corrected chi connectivity index (χ3v) is 3.86. The molecule has 0 fully saturated rings. The molecule has 0 bridgehead atoms. The summed E-state index contributed by atoms with van der Waals surface area (Å²) in [5.74, 6) is 0.545. The Hall–Kier alpha value is -1.97. The number of carbonyl (C=O) groups is 1. The Kier molecular flexibility index (Phi) is 5.82. The summed E-state index contributed by atoms with van der Waals surface area (Å²) in [6.07, 6.45) is 3.90. The third-order valence-electron chi connectivity index (χ3n) is 3.86. The molecule has 21 heavy (non-hydrogen) atoms. The van der Waals surface area contributed by atoms with Crippen molar-refractivity contribution in [2.24, 2.45) is 5.92 Å². The Bertz CT molecular complexity index is 520. The molecule has 1 unspecified atom stereocenters. The highest BCUT2D eigenvalue weighted by molar-refractivity contribution is 5.70. The van der Waals surface area contributed by atoms with Gasteiger partial charge >= 0.3 is 5.97 Å². The van der Waals surface area contributed by atoms with Crippen LogP contribution in [-0.4, -0.2) is 25.3 Å². The number of hydrogen-bond acceptors (Lipinski definition) is 3. The zero-order chi connectivity index (χ0) is 16.0. The van der Waals surface area contributed by atoms with Crippen molar-refractivity contribution >= 4 is 5.97 Å². The molecule has 0 saturated heterocycles. The first-order valence-corrected chi connectivity index (χ1v) is 6.99. The van der Waals surface area contributed by atoms with Crippen LogP contribution in [-0.2, 0) is 10.2 Å². The maximum Gasteiger partial charge on any atom is 0.304 e. The van der Waals surface area contributed by atoms with Crippen LogP contribution in [0.1, 0.15) is 32.8 Å².